The lowest BCUT2D eigenvalue weighted by Crippen LogP contribution is -2.72. The number of methoxy groups -OCH3 is 2. The molecule has 0 unspecified atom stereocenters. The van der Waals surface area contributed by atoms with Gasteiger partial charge in [-0.05, 0) is 23.8 Å². The van der Waals surface area contributed by atoms with Crippen molar-refractivity contribution in [3.8, 4) is 0 Å². The second kappa shape index (κ2) is 7.77. The highest BCUT2D eigenvalue weighted by Crippen LogP contribution is 2.46. The minimum atomic E-state index is -1.12. The molecular formula is C24H20N2O8. The van der Waals surface area contributed by atoms with Crippen LogP contribution in [0, 0.1) is 0 Å². The first-order valence-electron chi connectivity index (χ1n) is 10.5. The van der Waals surface area contributed by atoms with E-state index in [1.807, 2.05) is 0 Å². The Morgan fingerprint density at radius 3 is 2.15 bits per heavy atom. The van der Waals surface area contributed by atoms with E-state index in [0.29, 0.717) is 5.57 Å². The molecule has 4 heterocycles. The van der Waals surface area contributed by atoms with Crippen molar-refractivity contribution in [1.29, 1.82) is 0 Å². The van der Waals surface area contributed by atoms with Crippen LogP contribution in [-0.2, 0) is 28.6 Å². The topological polar surface area (TPSA) is 120 Å². The fourth-order valence-corrected chi connectivity index (χ4v) is 5.07. The number of benzene rings is 1. The first-order chi connectivity index (χ1) is 16.3. The number of likely N-dealkylation sites (tertiary alicyclic amines) is 1. The van der Waals surface area contributed by atoms with Crippen molar-refractivity contribution in [2.75, 3.05) is 20.8 Å². The molecule has 0 aliphatic carbocycles. The second-order valence-corrected chi connectivity index (χ2v) is 8.11. The Hall–Kier alpha value is -4.05. The number of hydrogen-bond donors (Lipinski definition) is 0. The number of amides is 3. The molecular weight excluding hydrogens is 444 g/mol. The number of hydrogen-bond acceptors (Lipinski definition) is 8. The van der Waals surface area contributed by atoms with Crippen LogP contribution < -0.4 is 0 Å². The number of β-lactam (4-membered cyclic amide) rings is 1. The Labute approximate surface area is 194 Å². The van der Waals surface area contributed by atoms with Crippen LogP contribution >= 0.6 is 0 Å². The molecule has 3 amide bonds. The molecule has 0 spiro atoms. The van der Waals surface area contributed by atoms with Gasteiger partial charge < -0.3 is 19.1 Å². The maximum absolute atomic E-state index is 13.1. The van der Waals surface area contributed by atoms with Crippen LogP contribution in [0.5, 0.6) is 0 Å². The largest absolute Gasteiger partial charge is 0.466 e. The lowest BCUT2D eigenvalue weighted by Gasteiger charge is -2.50. The molecule has 1 aromatic carbocycles. The molecule has 0 saturated carbocycles. The maximum Gasteiger partial charge on any atom is 0.337 e. The summed E-state index contributed by atoms with van der Waals surface area (Å²) in [5, 5.41) is 0. The van der Waals surface area contributed by atoms with E-state index in [9.17, 15) is 24.0 Å². The summed E-state index contributed by atoms with van der Waals surface area (Å²) in [4.78, 5) is 66.6. The van der Waals surface area contributed by atoms with E-state index in [0.717, 1.165) is 4.90 Å². The van der Waals surface area contributed by atoms with Crippen LogP contribution in [0.25, 0.3) is 0 Å². The van der Waals surface area contributed by atoms with Crippen LogP contribution in [0.3, 0.4) is 0 Å². The standard InChI is InChI=1S/C24H20N2O8/c1-4-9-25-17(13-10-14-15(23(30)32-2)16(19(13)34-14)24(31)33-3)18(22(25)29)26-20(27)11-7-5-6-8-12(11)21(26)28/h4-8,10,14,17-19H,1,9H2,2-3H3/t14-,17+,18-,19+/m1/s1. The maximum atomic E-state index is 13.1. The van der Waals surface area contributed by atoms with Gasteiger partial charge in [0.25, 0.3) is 11.8 Å². The number of carbonyl (C=O) groups excluding carboxylic acids is 5. The van der Waals surface area contributed by atoms with E-state index in [2.05, 4.69) is 6.58 Å². The first-order valence-corrected chi connectivity index (χ1v) is 10.5. The number of imide groups is 1. The number of ether oxygens (including phenoxy) is 3. The van der Waals surface area contributed by atoms with Crippen molar-refractivity contribution in [3.05, 3.63) is 70.8 Å². The SMILES string of the molecule is C=CCN1C(=O)[C@H](N2C(=O)c3ccccc3C2=O)[C@@H]1C1=C[C@H]2O[C@@H]1C(C(=O)OC)=C2C(=O)OC. The Balaban J connectivity index is 1.54. The predicted octanol–water partition coefficient (Wildman–Crippen LogP) is 0.398. The van der Waals surface area contributed by atoms with E-state index in [1.165, 1.54) is 37.3 Å². The van der Waals surface area contributed by atoms with Gasteiger partial charge in [-0.15, -0.1) is 6.58 Å². The number of fused-ring (bicyclic) bond motifs is 3. The molecule has 1 saturated heterocycles. The van der Waals surface area contributed by atoms with E-state index in [1.54, 1.807) is 18.2 Å². The average Bonchev–Trinajstić information content (AvgIpc) is 3.51. The molecule has 4 atom stereocenters. The zero-order chi connectivity index (χ0) is 24.3. The van der Waals surface area contributed by atoms with Crippen LogP contribution in [0.1, 0.15) is 20.7 Å². The Morgan fingerprint density at radius 1 is 1.00 bits per heavy atom. The zero-order valence-corrected chi connectivity index (χ0v) is 18.3. The third kappa shape index (κ3) is 2.75. The quantitative estimate of drug-likeness (QED) is 0.257. The molecule has 5 rings (SSSR count). The molecule has 174 valence electrons. The van der Waals surface area contributed by atoms with E-state index in [4.69, 9.17) is 14.2 Å². The van der Waals surface area contributed by atoms with Crippen LogP contribution in [0.2, 0.25) is 0 Å². The minimum absolute atomic E-state index is 0.0177. The Morgan fingerprint density at radius 2 is 1.59 bits per heavy atom. The molecule has 4 aliphatic rings. The molecule has 0 radical (unpaired) electrons. The summed E-state index contributed by atoms with van der Waals surface area (Å²) >= 11 is 0. The highest BCUT2D eigenvalue weighted by molar-refractivity contribution is 6.23. The van der Waals surface area contributed by atoms with Gasteiger partial charge in [0, 0.05) is 6.54 Å². The van der Waals surface area contributed by atoms with Gasteiger partial charge in [-0.3, -0.25) is 19.3 Å². The van der Waals surface area contributed by atoms with E-state index >= 15 is 0 Å². The van der Waals surface area contributed by atoms with Gasteiger partial charge >= 0.3 is 11.9 Å². The number of nitrogens with zero attached hydrogens (tertiary/aromatic N) is 2. The molecule has 10 heteroatoms. The average molecular weight is 464 g/mol. The Bertz CT molecular complexity index is 1210. The minimum Gasteiger partial charge on any atom is -0.466 e. The van der Waals surface area contributed by atoms with Crippen LogP contribution in [0.15, 0.2) is 59.7 Å². The highest BCUT2D eigenvalue weighted by Gasteiger charge is 2.61. The summed E-state index contributed by atoms with van der Waals surface area (Å²) in [7, 11) is 2.37. The predicted molar refractivity (Wildman–Crippen MR) is 114 cm³/mol. The van der Waals surface area contributed by atoms with Crippen molar-refractivity contribution in [2.45, 2.75) is 24.3 Å². The van der Waals surface area contributed by atoms with Crippen molar-refractivity contribution < 1.29 is 38.2 Å². The van der Waals surface area contributed by atoms with Gasteiger partial charge in [0.2, 0.25) is 5.91 Å². The van der Waals surface area contributed by atoms with Gasteiger partial charge in [-0.2, -0.15) is 0 Å². The van der Waals surface area contributed by atoms with Gasteiger partial charge in [-0.25, -0.2) is 9.59 Å². The number of esters is 2. The number of carbonyl (C=O) groups is 5. The summed E-state index contributed by atoms with van der Waals surface area (Å²) in [5.74, 6) is -3.05. The molecule has 10 nitrogen and oxygen atoms in total. The van der Waals surface area contributed by atoms with Crippen molar-refractivity contribution in [3.63, 3.8) is 0 Å². The van der Waals surface area contributed by atoms with E-state index in [-0.39, 0.29) is 28.8 Å². The summed E-state index contributed by atoms with van der Waals surface area (Å²) in [6.07, 6.45) is 1.27. The Kier molecular flexibility index (Phi) is 4.98. The molecule has 0 N–H and O–H groups in total. The molecule has 2 bridgehead atoms. The smallest absolute Gasteiger partial charge is 0.337 e. The van der Waals surface area contributed by atoms with Gasteiger partial charge in [0.1, 0.15) is 18.2 Å². The monoisotopic (exact) mass is 464 g/mol. The van der Waals surface area contributed by atoms with E-state index < -0.39 is 54.0 Å². The highest BCUT2D eigenvalue weighted by atomic mass is 16.5. The molecule has 34 heavy (non-hydrogen) atoms. The third-order valence-corrected chi connectivity index (χ3v) is 6.52. The van der Waals surface area contributed by atoms with Crippen LogP contribution in [0.4, 0.5) is 0 Å². The summed E-state index contributed by atoms with van der Waals surface area (Å²) in [6, 6.07) is 4.48. The van der Waals surface area contributed by atoms with Gasteiger partial charge in [-0.1, -0.05) is 18.2 Å². The first kappa shape index (κ1) is 21.8. The second-order valence-electron chi connectivity index (χ2n) is 8.11. The van der Waals surface area contributed by atoms with Crippen molar-refractivity contribution in [2.24, 2.45) is 0 Å². The third-order valence-electron chi connectivity index (χ3n) is 6.52. The summed E-state index contributed by atoms with van der Waals surface area (Å²) in [5.41, 5.74) is 0.947. The summed E-state index contributed by atoms with van der Waals surface area (Å²) < 4.78 is 15.5. The number of rotatable bonds is 6. The fraction of sp³-hybridized carbons (Fsp3) is 0.292. The lowest BCUT2D eigenvalue weighted by molar-refractivity contribution is -0.152. The molecule has 0 aromatic heterocycles. The van der Waals surface area contributed by atoms with Crippen molar-refractivity contribution in [1.82, 2.24) is 9.80 Å². The van der Waals surface area contributed by atoms with Gasteiger partial charge in [0.05, 0.1) is 42.5 Å². The zero-order valence-electron chi connectivity index (χ0n) is 18.3. The van der Waals surface area contributed by atoms with Crippen LogP contribution in [-0.4, -0.2) is 84.5 Å². The molecule has 4 aliphatic heterocycles. The molecule has 1 aromatic rings. The van der Waals surface area contributed by atoms with Crippen molar-refractivity contribution >= 4 is 29.7 Å². The normalized spacial score (nSPS) is 27.0. The summed E-state index contributed by atoms with van der Waals surface area (Å²) in [6.45, 7) is 3.83. The van der Waals surface area contributed by atoms with Gasteiger partial charge in [0.15, 0.2) is 0 Å². The lowest BCUT2D eigenvalue weighted by atomic mass is 9.79. The fourth-order valence-electron chi connectivity index (χ4n) is 5.07. The molecule has 1 fully saturated rings.